The molecule has 12 nitrogen and oxygen atoms in total. The number of hydrogen-bond acceptors (Lipinski definition) is 10. The van der Waals surface area contributed by atoms with Gasteiger partial charge in [0.1, 0.15) is 0 Å². The van der Waals surface area contributed by atoms with Gasteiger partial charge in [0.2, 0.25) is 5.89 Å². The van der Waals surface area contributed by atoms with Crippen LogP contribution in [-0.4, -0.2) is 40.7 Å². The van der Waals surface area contributed by atoms with E-state index in [0.717, 1.165) is 0 Å². The van der Waals surface area contributed by atoms with Gasteiger partial charge in [-0.1, -0.05) is 0 Å². The Morgan fingerprint density at radius 3 is 2.52 bits per heavy atom. The number of esters is 1. The number of carbonyl (C=O) groups excluding carboxylic acids is 2. The van der Waals surface area contributed by atoms with Crippen molar-refractivity contribution in [1.29, 1.82) is 0 Å². The second kappa shape index (κ2) is 9.35. The average Bonchev–Trinajstić information content (AvgIpc) is 3.25. The molecule has 0 saturated heterocycles. The Labute approximate surface area is 174 Å². The molecular formula is C19H16N4O8. The molecule has 1 heterocycles. The number of ether oxygens (including phenoxy) is 3. The molecule has 2 aromatic carbocycles. The predicted octanol–water partition coefficient (Wildman–Crippen LogP) is 1.87. The molecule has 0 unspecified atom stereocenters. The number of nitro groups is 1. The number of hydrogen-bond donors (Lipinski definition) is 1. The summed E-state index contributed by atoms with van der Waals surface area (Å²) in [5, 5.41) is 18.3. The fourth-order valence-electron chi connectivity index (χ4n) is 2.43. The van der Waals surface area contributed by atoms with E-state index < -0.39 is 16.8 Å². The summed E-state index contributed by atoms with van der Waals surface area (Å²) in [5.41, 5.74) is 5.61. The normalized spacial score (nSPS) is 10.4. The lowest BCUT2D eigenvalue weighted by atomic mass is 10.2. The van der Waals surface area contributed by atoms with E-state index in [9.17, 15) is 19.7 Å². The third-order valence-electron chi connectivity index (χ3n) is 3.89. The van der Waals surface area contributed by atoms with Crippen LogP contribution in [0.15, 0.2) is 46.9 Å². The fraction of sp³-hybridized carbons (Fsp3) is 0.158. The molecule has 0 aliphatic carbocycles. The minimum absolute atomic E-state index is 0.0371. The molecule has 0 fully saturated rings. The fourth-order valence-corrected chi connectivity index (χ4v) is 2.43. The van der Waals surface area contributed by atoms with Crippen LogP contribution in [0.5, 0.6) is 11.5 Å². The number of benzene rings is 2. The van der Waals surface area contributed by atoms with Gasteiger partial charge in [0.05, 0.1) is 17.6 Å². The summed E-state index contributed by atoms with van der Waals surface area (Å²) in [6.45, 7) is -0.629. The van der Waals surface area contributed by atoms with E-state index >= 15 is 0 Å². The van der Waals surface area contributed by atoms with Crippen LogP contribution in [0.1, 0.15) is 16.2 Å². The van der Waals surface area contributed by atoms with Crippen molar-refractivity contribution in [3.05, 3.63) is 64.0 Å². The number of carbonyl (C=O) groups is 2. The monoisotopic (exact) mass is 428 g/mol. The standard InChI is InChI=1S/C19H16N4O8/c1-28-15-8-12(4-7-14(15)29-9-16(20)24)19(25)30-10-17-21-22-18(31-17)11-2-5-13(6-3-11)23(26)27/h2-8H,9-10H2,1H3,(H2,20,24). The molecule has 3 rings (SSSR count). The maximum absolute atomic E-state index is 12.3. The smallest absolute Gasteiger partial charge is 0.338 e. The molecule has 0 radical (unpaired) electrons. The number of nitrogens with zero attached hydrogens (tertiary/aromatic N) is 3. The van der Waals surface area contributed by atoms with Gasteiger partial charge < -0.3 is 24.4 Å². The van der Waals surface area contributed by atoms with Crippen molar-refractivity contribution in [2.45, 2.75) is 6.61 Å². The van der Waals surface area contributed by atoms with Gasteiger partial charge in [-0.15, -0.1) is 10.2 Å². The van der Waals surface area contributed by atoms with Crippen molar-refractivity contribution < 1.29 is 33.1 Å². The van der Waals surface area contributed by atoms with Crippen molar-refractivity contribution in [1.82, 2.24) is 10.2 Å². The first kappa shape index (κ1) is 21.2. The number of amides is 1. The summed E-state index contributed by atoms with van der Waals surface area (Å²) in [5.74, 6) is -0.724. The lowest BCUT2D eigenvalue weighted by molar-refractivity contribution is -0.384. The first-order valence-corrected chi connectivity index (χ1v) is 8.71. The molecule has 0 spiro atoms. The van der Waals surface area contributed by atoms with Crippen molar-refractivity contribution in [2.75, 3.05) is 13.7 Å². The molecule has 1 amide bonds. The number of non-ortho nitro benzene ring substituents is 1. The van der Waals surface area contributed by atoms with E-state index in [0.29, 0.717) is 5.56 Å². The zero-order valence-corrected chi connectivity index (χ0v) is 16.1. The number of methoxy groups -OCH3 is 1. The number of nitro benzene ring substituents is 1. The van der Waals surface area contributed by atoms with E-state index in [1.165, 1.54) is 49.6 Å². The highest BCUT2D eigenvalue weighted by atomic mass is 16.6. The molecule has 0 bridgehead atoms. The second-order valence-corrected chi connectivity index (χ2v) is 6.00. The predicted molar refractivity (Wildman–Crippen MR) is 103 cm³/mol. The van der Waals surface area contributed by atoms with Gasteiger partial charge in [0, 0.05) is 17.7 Å². The topological polar surface area (TPSA) is 170 Å². The third-order valence-corrected chi connectivity index (χ3v) is 3.89. The van der Waals surface area contributed by atoms with Crippen LogP contribution >= 0.6 is 0 Å². The van der Waals surface area contributed by atoms with Crippen molar-refractivity contribution >= 4 is 17.6 Å². The Balaban J connectivity index is 1.63. The summed E-state index contributed by atoms with van der Waals surface area (Å²) >= 11 is 0. The van der Waals surface area contributed by atoms with Crippen LogP contribution in [0.25, 0.3) is 11.5 Å². The zero-order chi connectivity index (χ0) is 22.4. The highest BCUT2D eigenvalue weighted by molar-refractivity contribution is 5.90. The number of nitrogens with two attached hydrogens (primary N) is 1. The molecule has 160 valence electrons. The van der Waals surface area contributed by atoms with Gasteiger partial charge >= 0.3 is 5.97 Å². The highest BCUT2D eigenvalue weighted by Crippen LogP contribution is 2.28. The van der Waals surface area contributed by atoms with E-state index in [4.69, 9.17) is 24.4 Å². The summed E-state index contributed by atoms with van der Waals surface area (Å²) in [7, 11) is 1.37. The van der Waals surface area contributed by atoms with Crippen LogP contribution in [0.3, 0.4) is 0 Å². The first-order valence-electron chi connectivity index (χ1n) is 8.71. The maximum atomic E-state index is 12.3. The van der Waals surface area contributed by atoms with Crippen LogP contribution < -0.4 is 15.2 Å². The molecule has 2 N–H and O–H groups in total. The Bertz CT molecular complexity index is 1110. The van der Waals surface area contributed by atoms with Crippen molar-refractivity contribution in [2.24, 2.45) is 5.73 Å². The Kier molecular flexibility index (Phi) is 6.40. The van der Waals surface area contributed by atoms with Crippen molar-refractivity contribution in [3.8, 4) is 23.0 Å². The van der Waals surface area contributed by atoms with Crippen molar-refractivity contribution in [3.63, 3.8) is 0 Å². The summed E-state index contributed by atoms with van der Waals surface area (Å²) < 4.78 is 20.9. The highest BCUT2D eigenvalue weighted by Gasteiger charge is 2.16. The molecular weight excluding hydrogens is 412 g/mol. The third kappa shape index (κ3) is 5.32. The van der Waals surface area contributed by atoms with Gasteiger partial charge in [-0.2, -0.15) is 0 Å². The first-order chi connectivity index (χ1) is 14.9. The number of primary amides is 1. The van der Waals surface area contributed by atoms with Crippen LogP contribution in [0.4, 0.5) is 5.69 Å². The van der Waals surface area contributed by atoms with Gasteiger partial charge in [-0.3, -0.25) is 14.9 Å². The quantitative estimate of drug-likeness (QED) is 0.301. The van der Waals surface area contributed by atoms with Gasteiger partial charge in [-0.05, 0) is 30.3 Å². The maximum Gasteiger partial charge on any atom is 0.338 e. The van der Waals surface area contributed by atoms with E-state index in [2.05, 4.69) is 10.2 Å². The van der Waals surface area contributed by atoms with E-state index in [1.807, 2.05) is 0 Å². The lowest BCUT2D eigenvalue weighted by Gasteiger charge is -2.10. The molecule has 0 saturated carbocycles. The minimum atomic E-state index is -0.685. The second-order valence-electron chi connectivity index (χ2n) is 6.00. The van der Waals surface area contributed by atoms with E-state index in [-0.39, 0.29) is 47.7 Å². The molecule has 0 atom stereocenters. The Morgan fingerprint density at radius 2 is 1.87 bits per heavy atom. The molecule has 0 aliphatic heterocycles. The molecule has 0 aliphatic rings. The Hall–Kier alpha value is -4.48. The lowest BCUT2D eigenvalue weighted by Crippen LogP contribution is -2.20. The van der Waals surface area contributed by atoms with Crippen LogP contribution in [0.2, 0.25) is 0 Å². The van der Waals surface area contributed by atoms with Gasteiger partial charge in [0.15, 0.2) is 24.7 Å². The molecule has 3 aromatic rings. The van der Waals surface area contributed by atoms with Crippen LogP contribution in [-0.2, 0) is 16.1 Å². The SMILES string of the molecule is COc1cc(C(=O)OCc2nnc(-c3ccc([N+](=O)[O-])cc3)o2)ccc1OCC(N)=O. The van der Waals surface area contributed by atoms with Gasteiger partial charge in [-0.25, -0.2) is 4.79 Å². The largest absolute Gasteiger partial charge is 0.493 e. The average molecular weight is 428 g/mol. The molecule has 12 heteroatoms. The molecule has 31 heavy (non-hydrogen) atoms. The minimum Gasteiger partial charge on any atom is -0.493 e. The summed E-state index contributed by atoms with van der Waals surface area (Å²) in [6.07, 6.45) is 0. The van der Waals surface area contributed by atoms with Crippen LogP contribution in [0, 0.1) is 10.1 Å². The number of aromatic nitrogens is 2. The zero-order valence-electron chi connectivity index (χ0n) is 16.1. The van der Waals surface area contributed by atoms with E-state index in [1.54, 1.807) is 0 Å². The molecule has 1 aromatic heterocycles. The van der Waals surface area contributed by atoms with Gasteiger partial charge in [0.25, 0.3) is 17.5 Å². The Morgan fingerprint density at radius 1 is 1.13 bits per heavy atom. The summed E-state index contributed by atoms with van der Waals surface area (Å²) in [4.78, 5) is 33.3. The number of rotatable bonds is 9. The summed E-state index contributed by atoms with van der Waals surface area (Å²) in [6, 6.07) is 9.81.